The molecule has 16 nitrogen and oxygen atoms in total. The Hall–Kier alpha value is -5.09. The molecular formula is C35H51N9O7. The highest BCUT2D eigenvalue weighted by Crippen LogP contribution is 2.22. The second-order valence-electron chi connectivity index (χ2n) is 14.4. The van der Waals surface area contributed by atoms with Crippen LogP contribution in [0.4, 0.5) is 9.59 Å². The summed E-state index contributed by atoms with van der Waals surface area (Å²) in [5, 5.41) is 33.1. The number of rotatable bonds is 14. The van der Waals surface area contributed by atoms with Gasteiger partial charge in [-0.3, -0.25) is 15.0 Å². The van der Waals surface area contributed by atoms with Crippen molar-refractivity contribution in [2.75, 3.05) is 20.8 Å². The van der Waals surface area contributed by atoms with E-state index in [0.717, 1.165) is 16.7 Å². The Morgan fingerprint density at radius 3 is 1.84 bits per heavy atom. The molecule has 0 radical (unpaired) electrons. The number of benzene rings is 2. The SMILES string of the molecule is COC(=O)N[C@H](C(=O)N[C@@H](Cc1ccccc1)[C@@H](O)CN(Cc1ccc(-c2nnnn2C)cc1)NC(=O)[C@@H](NC(=O)OC)C(C)(C)C)C(C)(C)C. The fraction of sp³-hybridized carbons (Fsp3) is 0.514. The van der Waals surface area contributed by atoms with Crippen LogP contribution < -0.4 is 21.4 Å². The van der Waals surface area contributed by atoms with E-state index in [1.54, 1.807) is 53.3 Å². The number of ether oxygens (including phenoxy) is 2. The minimum Gasteiger partial charge on any atom is -0.453 e. The van der Waals surface area contributed by atoms with Crippen molar-refractivity contribution in [2.45, 2.75) is 78.7 Å². The van der Waals surface area contributed by atoms with Gasteiger partial charge in [0.05, 0.1) is 26.4 Å². The summed E-state index contributed by atoms with van der Waals surface area (Å²) in [6.07, 6.45) is -2.54. The highest BCUT2D eigenvalue weighted by atomic mass is 16.5. The van der Waals surface area contributed by atoms with Crippen LogP contribution >= 0.6 is 0 Å². The highest BCUT2D eigenvalue weighted by molar-refractivity contribution is 5.87. The Morgan fingerprint density at radius 2 is 1.35 bits per heavy atom. The summed E-state index contributed by atoms with van der Waals surface area (Å²) in [5.41, 5.74) is 3.84. The van der Waals surface area contributed by atoms with Crippen molar-refractivity contribution in [3.05, 3.63) is 65.7 Å². The number of aliphatic hydroxyl groups excluding tert-OH is 1. The van der Waals surface area contributed by atoms with Gasteiger partial charge in [-0.1, -0.05) is 96.1 Å². The van der Waals surface area contributed by atoms with Crippen molar-refractivity contribution in [1.82, 2.24) is 46.6 Å². The van der Waals surface area contributed by atoms with Gasteiger partial charge in [0, 0.05) is 25.7 Å². The van der Waals surface area contributed by atoms with Crippen LogP contribution in [-0.2, 0) is 39.1 Å². The molecule has 0 aliphatic heterocycles. The Labute approximate surface area is 298 Å². The molecule has 278 valence electrons. The summed E-state index contributed by atoms with van der Waals surface area (Å²) in [6.45, 7) is 10.8. The van der Waals surface area contributed by atoms with E-state index >= 15 is 0 Å². The summed E-state index contributed by atoms with van der Waals surface area (Å²) in [5.74, 6) is -0.494. The number of hydrogen-bond acceptors (Lipinski definition) is 11. The number of nitrogens with zero attached hydrogens (tertiary/aromatic N) is 5. The van der Waals surface area contributed by atoms with Crippen LogP contribution in [0.3, 0.4) is 0 Å². The number of alkyl carbamates (subject to hydrolysis) is 2. The number of nitrogens with one attached hydrogen (secondary N) is 4. The molecule has 0 fully saturated rings. The van der Waals surface area contributed by atoms with Gasteiger partial charge in [-0.25, -0.2) is 19.3 Å². The van der Waals surface area contributed by atoms with Crippen LogP contribution in [0.25, 0.3) is 11.4 Å². The number of carbonyl (C=O) groups is 4. The van der Waals surface area contributed by atoms with E-state index < -0.39 is 59.1 Å². The van der Waals surface area contributed by atoms with Crippen molar-refractivity contribution in [3.8, 4) is 11.4 Å². The highest BCUT2D eigenvalue weighted by Gasteiger charge is 2.37. The molecule has 1 aromatic heterocycles. The number of aromatic nitrogens is 4. The average Bonchev–Trinajstić information content (AvgIpc) is 3.50. The number of aryl methyl sites for hydroxylation is 1. The minimum absolute atomic E-state index is 0.135. The first-order valence-corrected chi connectivity index (χ1v) is 16.5. The molecule has 0 saturated heterocycles. The van der Waals surface area contributed by atoms with Crippen molar-refractivity contribution in [1.29, 1.82) is 0 Å². The Balaban J connectivity index is 1.96. The number of tetrazole rings is 1. The van der Waals surface area contributed by atoms with Gasteiger partial charge in [0.25, 0.3) is 5.91 Å². The summed E-state index contributed by atoms with van der Waals surface area (Å²) >= 11 is 0. The van der Waals surface area contributed by atoms with E-state index in [1.807, 2.05) is 54.6 Å². The second-order valence-corrected chi connectivity index (χ2v) is 14.4. The molecule has 0 unspecified atom stereocenters. The van der Waals surface area contributed by atoms with Gasteiger partial charge in [-0.05, 0) is 38.8 Å². The van der Waals surface area contributed by atoms with Crippen LogP contribution in [0.2, 0.25) is 0 Å². The van der Waals surface area contributed by atoms with Crippen molar-refractivity contribution >= 4 is 24.0 Å². The van der Waals surface area contributed by atoms with E-state index in [0.29, 0.717) is 5.82 Å². The number of hydrazine groups is 1. The second kappa shape index (κ2) is 17.7. The molecule has 3 rings (SSSR count). The zero-order valence-electron chi connectivity index (χ0n) is 30.8. The molecule has 3 aromatic rings. The van der Waals surface area contributed by atoms with Crippen LogP contribution in [0.5, 0.6) is 0 Å². The molecule has 0 aliphatic carbocycles. The lowest BCUT2D eigenvalue weighted by atomic mass is 9.85. The van der Waals surface area contributed by atoms with E-state index in [4.69, 9.17) is 9.47 Å². The van der Waals surface area contributed by atoms with Gasteiger partial charge in [-0.15, -0.1) is 5.10 Å². The number of methoxy groups -OCH3 is 2. The van der Waals surface area contributed by atoms with Crippen molar-refractivity contribution in [3.63, 3.8) is 0 Å². The van der Waals surface area contributed by atoms with Gasteiger partial charge in [0.15, 0.2) is 5.82 Å². The monoisotopic (exact) mass is 709 g/mol. The molecule has 16 heteroatoms. The van der Waals surface area contributed by atoms with Crippen LogP contribution in [0, 0.1) is 10.8 Å². The maximum Gasteiger partial charge on any atom is 0.407 e. The van der Waals surface area contributed by atoms with Gasteiger partial charge >= 0.3 is 12.2 Å². The molecule has 0 spiro atoms. The molecular weight excluding hydrogens is 658 g/mol. The van der Waals surface area contributed by atoms with Crippen LogP contribution in [0.1, 0.15) is 52.7 Å². The zero-order valence-corrected chi connectivity index (χ0v) is 30.8. The normalized spacial score (nSPS) is 14.1. The first-order valence-electron chi connectivity index (χ1n) is 16.5. The third-order valence-corrected chi connectivity index (χ3v) is 8.12. The first kappa shape index (κ1) is 40.3. The van der Waals surface area contributed by atoms with E-state index in [1.165, 1.54) is 19.2 Å². The predicted molar refractivity (Wildman–Crippen MR) is 188 cm³/mol. The third-order valence-electron chi connectivity index (χ3n) is 8.12. The lowest BCUT2D eigenvalue weighted by Crippen LogP contribution is -2.60. The quantitative estimate of drug-likeness (QED) is 0.154. The maximum absolute atomic E-state index is 13.8. The molecule has 4 amide bonds. The molecule has 5 N–H and O–H groups in total. The summed E-state index contributed by atoms with van der Waals surface area (Å²) in [6, 6.07) is 13.8. The summed E-state index contributed by atoms with van der Waals surface area (Å²) < 4.78 is 11.1. The van der Waals surface area contributed by atoms with Gasteiger partial charge in [0.1, 0.15) is 12.1 Å². The Morgan fingerprint density at radius 1 is 0.804 bits per heavy atom. The van der Waals surface area contributed by atoms with E-state index in [2.05, 4.69) is 36.9 Å². The van der Waals surface area contributed by atoms with Crippen LogP contribution in [0.15, 0.2) is 54.6 Å². The molecule has 0 saturated carbocycles. The predicted octanol–water partition coefficient (Wildman–Crippen LogP) is 2.34. The fourth-order valence-electron chi connectivity index (χ4n) is 5.30. The number of hydrogen-bond donors (Lipinski definition) is 5. The van der Waals surface area contributed by atoms with Crippen molar-refractivity contribution in [2.24, 2.45) is 17.9 Å². The van der Waals surface area contributed by atoms with Gasteiger partial charge < -0.3 is 30.5 Å². The third kappa shape index (κ3) is 12.0. The molecule has 0 bridgehead atoms. The lowest BCUT2D eigenvalue weighted by Gasteiger charge is -2.35. The topological polar surface area (TPSA) is 202 Å². The standard InChI is InChI=1S/C35H51N9O7/c1-34(2,3)27(37-32(48)50-8)30(46)36-25(19-22-13-11-10-12-14-22)26(45)21-44(40-31(47)28(35(4,5)6)38-33(49)51-9)20-23-15-17-24(18-16-23)29-39-41-42-43(29)7/h10-18,25-28,45H,19-21H2,1-9H3,(H,36,46)(H,37,48)(H,38,49)(H,40,47)/t25-,26-,27+,28+/m0/s1. The number of amides is 4. The number of aliphatic hydroxyl groups is 1. The molecule has 4 atom stereocenters. The molecule has 0 aliphatic rings. The number of carbonyl (C=O) groups excluding carboxylic acids is 4. The fourth-order valence-corrected chi connectivity index (χ4v) is 5.30. The average molecular weight is 710 g/mol. The smallest absolute Gasteiger partial charge is 0.407 e. The summed E-state index contributed by atoms with van der Waals surface area (Å²) in [4.78, 5) is 51.9. The lowest BCUT2D eigenvalue weighted by molar-refractivity contribution is -0.132. The molecule has 1 heterocycles. The van der Waals surface area contributed by atoms with E-state index in [-0.39, 0.29) is 19.5 Å². The Kier molecular flexibility index (Phi) is 14.0. The van der Waals surface area contributed by atoms with Crippen LogP contribution in [-0.4, -0.2) is 99.3 Å². The zero-order chi connectivity index (χ0) is 37.9. The van der Waals surface area contributed by atoms with E-state index in [9.17, 15) is 24.3 Å². The summed E-state index contributed by atoms with van der Waals surface area (Å²) in [7, 11) is 4.15. The van der Waals surface area contributed by atoms with Gasteiger partial charge in [-0.2, -0.15) is 0 Å². The minimum atomic E-state index is -1.24. The largest absolute Gasteiger partial charge is 0.453 e. The molecule has 51 heavy (non-hydrogen) atoms. The van der Waals surface area contributed by atoms with Crippen molar-refractivity contribution < 1.29 is 33.8 Å². The Bertz CT molecular complexity index is 1600. The maximum atomic E-state index is 13.8. The first-order chi connectivity index (χ1) is 23.9. The van der Waals surface area contributed by atoms with Gasteiger partial charge in [0.2, 0.25) is 5.91 Å². The molecule has 2 aromatic carbocycles.